The third-order valence-electron chi connectivity index (χ3n) is 9.07. The lowest BCUT2D eigenvalue weighted by Gasteiger charge is -2.42. The van der Waals surface area contributed by atoms with Crippen LogP contribution in [0.1, 0.15) is 54.4 Å². The number of methoxy groups -OCH3 is 1. The predicted molar refractivity (Wildman–Crippen MR) is 166 cm³/mol. The number of nitrogens with two attached hydrogens (primary N) is 1. The first kappa shape index (κ1) is 35.1. The summed E-state index contributed by atoms with van der Waals surface area (Å²) in [5.74, 6) is -0.712. The number of sulfone groups is 1. The Hall–Kier alpha value is -1.09. The summed E-state index contributed by atoms with van der Waals surface area (Å²) in [6.45, 7) is 22.5. The molecule has 5 atom stereocenters. The van der Waals surface area contributed by atoms with Gasteiger partial charge in [0.25, 0.3) is 0 Å². The molecular formula is C29H53NO7SSi2. The topological polar surface area (TPSA) is 114 Å². The normalized spacial score (nSPS) is 23.8. The van der Waals surface area contributed by atoms with E-state index in [2.05, 4.69) is 67.7 Å². The highest BCUT2D eigenvalue weighted by Crippen LogP contribution is 2.41. The molecule has 1 saturated heterocycles. The van der Waals surface area contributed by atoms with Crippen LogP contribution in [-0.4, -0.2) is 75.2 Å². The summed E-state index contributed by atoms with van der Waals surface area (Å²) >= 11 is 0. The van der Waals surface area contributed by atoms with Gasteiger partial charge in [-0.05, 0) is 60.5 Å². The second-order valence-electron chi connectivity index (χ2n) is 14.1. The van der Waals surface area contributed by atoms with Crippen LogP contribution in [0.25, 0.3) is 0 Å². The fourth-order valence-electron chi connectivity index (χ4n) is 4.48. The molecule has 11 heteroatoms. The Balaban J connectivity index is 2.36. The van der Waals surface area contributed by atoms with Crippen molar-refractivity contribution < 1.29 is 31.5 Å². The molecule has 0 aromatic heterocycles. The van der Waals surface area contributed by atoms with Gasteiger partial charge in [-0.3, -0.25) is 0 Å². The van der Waals surface area contributed by atoms with E-state index in [-0.39, 0.29) is 33.2 Å². The minimum atomic E-state index is -3.68. The average Bonchev–Trinajstić information content (AvgIpc) is 3.11. The summed E-state index contributed by atoms with van der Waals surface area (Å²) in [4.78, 5) is 11.8. The maximum absolute atomic E-state index is 13.4. The third-order valence-corrected chi connectivity index (χ3v) is 19.9. The van der Waals surface area contributed by atoms with Gasteiger partial charge in [0.15, 0.2) is 26.5 Å². The zero-order valence-electron chi connectivity index (χ0n) is 26.4. The molecule has 0 saturated carbocycles. The lowest BCUT2D eigenvalue weighted by molar-refractivity contribution is -0.111. The van der Waals surface area contributed by atoms with Crippen LogP contribution < -0.4 is 5.73 Å². The van der Waals surface area contributed by atoms with Gasteiger partial charge in [-0.1, -0.05) is 41.5 Å². The molecule has 2 rings (SSSR count). The maximum atomic E-state index is 13.4. The van der Waals surface area contributed by atoms with Crippen LogP contribution in [0.2, 0.25) is 36.3 Å². The highest BCUT2D eigenvalue weighted by molar-refractivity contribution is 7.91. The van der Waals surface area contributed by atoms with Gasteiger partial charge >= 0.3 is 0 Å². The monoisotopic (exact) mass is 615 g/mol. The second-order valence-corrected chi connectivity index (χ2v) is 25.7. The number of anilines is 1. The molecule has 2 N–H and O–H groups in total. The molecule has 1 aliphatic heterocycles. The van der Waals surface area contributed by atoms with E-state index >= 15 is 0 Å². The number of ether oxygens (including phenoxy) is 2. The molecule has 8 nitrogen and oxygen atoms in total. The van der Waals surface area contributed by atoms with E-state index in [1.165, 1.54) is 12.1 Å². The van der Waals surface area contributed by atoms with E-state index < -0.39 is 50.7 Å². The van der Waals surface area contributed by atoms with Gasteiger partial charge < -0.3 is 28.9 Å². The summed E-state index contributed by atoms with van der Waals surface area (Å²) in [6, 6.07) is 6.16. The molecule has 1 aromatic rings. The van der Waals surface area contributed by atoms with Gasteiger partial charge in [0, 0.05) is 31.6 Å². The number of benzene rings is 1. The largest absolute Gasteiger partial charge is 0.414 e. The van der Waals surface area contributed by atoms with Crippen molar-refractivity contribution >= 4 is 38.4 Å². The first-order valence-corrected chi connectivity index (χ1v) is 21.6. The molecule has 0 radical (unpaired) electrons. The zero-order chi connectivity index (χ0) is 30.7. The molecule has 1 fully saturated rings. The lowest BCUT2D eigenvalue weighted by Crippen LogP contribution is -2.49. The Kier molecular flexibility index (Phi) is 11.5. The van der Waals surface area contributed by atoms with Gasteiger partial charge in [-0.25, -0.2) is 8.42 Å². The van der Waals surface area contributed by atoms with Crippen molar-refractivity contribution in [3.8, 4) is 0 Å². The molecule has 2 unspecified atom stereocenters. The SMILES string of the molecule is COC1[C@@H](CS(=O)(=O)c2ccc(N)cc2)[C@H](CC=O)O[C@@H]1CC(CO[Si](C)(C)C(C)(C)C)O[Si](C)(C)C(C)(C)C. The Morgan fingerprint density at radius 3 is 2.00 bits per heavy atom. The van der Waals surface area contributed by atoms with Gasteiger partial charge in [0.05, 0.1) is 41.7 Å². The molecular weight excluding hydrogens is 563 g/mol. The van der Waals surface area contributed by atoms with Crippen molar-refractivity contribution in [1.82, 2.24) is 0 Å². The number of carbonyl (C=O) groups is 1. The summed E-state index contributed by atoms with van der Waals surface area (Å²) < 4.78 is 52.5. The van der Waals surface area contributed by atoms with Crippen molar-refractivity contribution in [3.63, 3.8) is 0 Å². The molecule has 1 heterocycles. The van der Waals surface area contributed by atoms with Crippen LogP contribution >= 0.6 is 0 Å². The standard InChI is InChI=1S/C29H53NO7SSi2/c1-28(2,3)39(8,9)35-19-22(37-40(10,11)29(4,5)6)18-26-27(34-7)24(25(36-26)16-17-31)20-38(32,33)23-14-12-21(30)13-15-23/h12-15,17,22,24-27H,16,18-20,30H2,1-11H3/t22?,24-,25-,26+,27?/m0/s1. The van der Waals surface area contributed by atoms with Crippen LogP contribution in [0.15, 0.2) is 29.2 Å². The zero-order valence-corrected chi connectivity index (χ0v) is 29.3. The predicted octanol–water partition coefficient (Wildman–Crippen LogP) is 5.83. The highest BCUT2D eigenvalue weighted by atomic mass is 32.2. The van der Waals surface area contributed by atoms with E-state index in [1.54, 1.807) is 19.2 Å². The van der Waals surface area contributed by atoms with Crippen molar-refractivity contribution in [2.24, 2.45) is 5.92 Å². The Bertz CT molecular complexity index is 1080. The maximum Gasteiger partial charge on any atom is 0.192 e. The van der Waals surface area contributed by atoms with Crippen molar-refractivity contribution in [3.05, 3.63) is 24.3 Å². The molecule has 0 aliphatic carbocycles. The number of rotatable bonds is 13. The first-order valence-electron chi connectivity index (χ1n) is 14.2. The average molecular weight is 616 g/mol. The number of hydrogen-bond acceptors (Lipinski definition) is 8. The fraction of sp³-hybridized carbons (Fsp3) is 0.759. The number of hydrogen-bond donors (Lipinski definition) is 1. The van der Waals surface area contributed by atoms with E-state index in [4.69, 9.17) is 24.1 Å². The number of carbonyl (C=O) groups excluding carboxylic acids is 1. The summed E-state index contributed by atoms with van der Waals surface area (Å²) in [6.07, 6.45) is -0.453. The van der Waals surface area contributed by atoms with Crippen molar-refractivity contribution in [2.45, 2.75) is 120 Å². The van der Waals surface area contributed by atoms with E-state index in [1.807, 2.05) is 0 Å². The van der Waals surface area contributed by atoms with Crippen LogP contribution in [0.5, 0.6) is 0 Å². The minimum Gasteiger partial charge on any atom is -0.414 e. The molecule has 230 valence electrons. The fourth-order valence-corrected chi connectivity index (χ4v) is 8.52. The molecule has 1 aliphatic rings. The quantitative estimate of drug-likeness (QED) is 0.167. The molecule has 40 heavy (non-hydrogen) atoms. The van der Waals surface area contributed by atoms with Crippen LogP contribution in [0, 0.1) is 5.92 Å². The Morgan fingerprint density at radius 1 is 0.975 bits per heavy atom. The second kappa shape index (κ2) is 13.1. The molecule has 1 aromatic carbocycles. The van der Waals surface area contributed by atoms with Crippen LogP contribution in [-0.2, 0) is 33.0 Å². The Labute approximate surface area is 244 Å². The molecule has 0 bridgehead atoms. The minimum absolute atomic E-state index is 0.00480. The van der Waals surface area contributed by atoms with Crippen LogP contribution in [0.3, 0.4) is 0 Å². The van der Waals surface area contributed by atoms with Gasteiger partial charge in [0.2, 0.25) is 0 Å². The molecule has 0 spiro atoms. The van der Waals surface area contributed by atoms with Crippen molar-refractivity contribution in [2.75, 3.05) is 25.2 Å². The lowest BCUT2D eigenvalue weighted by atomic mass is 9.94. The van der Waals surface area contributed by atoms with E-state index in [0.29, 0.717) is 18.7 Å². The highest BCUT2D eigenvalue weighted by Gasteiger charge is 2.49. The number of aldehydes is 1. The first-order chi connectivity index (χ1) is 18.1. The Morgan fingerprint density at radius 2 is 1.52 bits per heavy atom. The smallest absolute Gasteiger partial charge is 0.192 e. The van der Waals surface area contributed by atoms with Gasteiger partial charge in [-0.15, -0.1) is 0 Å². The number of nitrogen functional groups attached to an aromatic ring is 1. The van der Waals surface area contributed by atoms with Crippen molar-refractivity contribution in [1.29, 1.82) is 0 Å². The van der Waals surface area contributed by atoms with E-state index in [9.17, 15) is 13.2 Å². The summed E-state index contributed by atoms with van der Waals surface area (Å²) in [5, 5.41) is 0.0409. The van der Waals surface area contributed by atoms with Gasteiger partial charge in [0.1, 0.15) is 6.29 Å². The summed E-state index contributed by atoms with van der Waals surface area (Å²) in [5.41, 5.74) is 6.25. The molecule has 0 amide bonds. The third kappa shape index (κ3) is 8.71. The summed E-state index contributed by atoms with van der Waals surface area (Å²) in [7, 11) is -6.33. The van der Waals surface area contributed by atoms with Gasteiger partial charge in [-0.2, -0.15) is 0 Å². The van der Waals surface area contributed by atoms with Crippen LogP contribution in [0.4, 0.5) is 5.69 Å². The van der Waals surface area contributed by atoms with E-state index in [0.717, 1.165) is 6.29 Å².